The van der Waals surface area contributed by atoms with Gasteiger partial charge in [-0.3, -0.25) is 14.4 Å². The molecule has 0 bridgehead atoms. The van der Waals surface area contributed by atoms with Gasteiger partial charge in [0, 0.05) is 5.92 Å². The molecule has 1 aromatic carbocycles. The molecule has 10 heteroatoms. The van der Waals surface area contributed by atoms with Crippen molar-refractivity contribution < 1.29 is 43.2 Å². The summed E-state index contributed by atoms with van der Waals surface area (Å²) in [4.78, 5) is 49.6. The zero-order valence-corrected chi connectivity index (χ0v) is 25.5. The number of aliphatic carboxylic acids is 1. The van der Waals surface area contributed by atoms with Crippen molar-refractivity contribution in [3.05, 3.63) is 23.8 Å². The smallest absolute Gasteiger partial charge is 0.480 e. The first-order valence-corrected chi connectivity index (χ1v) is 13.7. The quantitative estimate of drug-likeness (QED) is 0.234. The first kappa shape index (κ1) is 34.9. The molecular formula is C30H47NO9. The summed E-state index contributed by atoms with van der Waals surface area (Å²) >= 11 is 0. The predicted molar refractivity (Wildman–Crippen MR) is 150 cm³/mol. The lowest BCUT2D eigenvalue weighted by Crippen LogP contribution is -2.40. The number of hydrogen-bond donors (Lipinski definition) is 2. The number of hydrogen-bond acceptors (Lipinski definition) is 9. The largest absolute Gasteiger partial charge is 0.508 e. The Hall–Kier alpha value is -3.14. The first-order valence-electron chi connectivity index (χ1n) is 13.7. The number of nitrogens with two attached hydrogens (primary N) is 1. The SMILES string of the molecule is CC(C)C(C)C(=O)Oc1ccc(C(C(C)COC(=O)OCC(C)(C)C)[C@H](N)C(=O)O)cc1OC(=O)C(C)C(C)C. The van der Waals surface area contributed by atoms with Gasteiger partial charge in [-0.2, -0.15) is 0 Å². The van der Waals surface area contributed by atoms with Crippen LogP contribution in [0.1, 0.15) is 80.7 Å². The summed E-state index contributed by atoms with van der Waals surface area (Å²) in [6, 6.07) is 3.09. The van der Waals surface area contributed by atoms with Crippen molar-refractivity contribution in [3.8, 4) is 11.5 Å². The molecular weight excluding hydrogens is 518 g/mol. The van der Waals surface area contributed by atoms with Crippen molar-refractivity contribution in [2.75, 3.05) is 13.2 Å². The zero-order chi connectivity index (χ0) is 30.9. The van der Waals surface area contributed by atoms with Crippen molar-refractivity contribution in [3.63, 3.8) is 0 Å². The fourth-order valence-electron chi connectivity index (χ4n) is 3.51. The van der Waals surface area contributed by atoms with Gasteiger partial charge in [0.1, 0.15) is 6.04 Å². The van der Waals surface area contributed by atoms with E-state index in [-0.39, 0.29) is 42.0 Å². The molecule has 3 N–H and O–H groups in total. The highest BCUT2D eigenvalue weighted by Gasteiger charge is 2.33. The molecule has 0 radical (unpaired) electrons. The number of benzene rings is 1. The topological polar surface area (TPSA) is 151 Å². The molecule has 0 amide bonds. The van der Waals surface area contributed by atoms with Crippen LogP contribution in [0.3, 0.4) is 0 Å². The van der Waals surface area contributed by atoms with Crippen LogP contribution in [0, 0.1) is 35.0 Å². The number of carbonyl (C=O) groups is 4. The van der Waals surface area contributed by atoms with Gasteiger partial charge in [0.05, 0.1) is 25.0 Å². The van der Waals surface area contributed by atoms with Crippen molar-refractivity contribution >= 4 is 24.1 Å². The van der Waals surface area contributed by atoms with Gasteiger partial charge in [0.15, 0.2) is 11.5 Å². The minimum atomic E-state index is -1.38. The summed E-state index contributed by atoms with van der Waals surface area (Å²) in [5.41, 5.74) is 6.24. The lowest BCUT2D eigenvalue weighted by Gasteiger charge is -2.28. The summed E-state index contributed by atoms with van der Waals surface area (Å²) in [5.74, 6) is -4.56. The summed E-state index contributed by atoms with van der Waals surface area (Å²) in [6.45, 7) is 18.4. The molecule has 0 aliphatic heterocycles. The Labute approximate surface area is 237 Å². The van der Waals surface area contributed by atoms with Crippen LogP contribution in [0.15, 0.2) is 18.2 Å². The molecule has 0 aliphatic rings. The lowest BCUT2D eigenvalue weighted by molar-refractivity contribution is -0.142. The summed E-state index contributed by atoms with van der Waals surface area (Å²) in [5, 5.41) is 9.74. The molecule has 1 rings (SSSR count). The van der Waals surface area contributed by atoms with E-state index in [9.17, 15) is 24.3 Å². The molecule has 4 unspecified atom stereocenters. The third-order valence-electron chi connectivity index (χ3n) is 6.89. The molecule has 0 aromatic heterocycles. The predicted octanol–water partition coefficient (Wildman–Crippen LogP) is 5.41. The minimum Gasteiger partial charge on any atom is -0.480 e. The van der Waals surface area contributed by atoms with Crippen LogP contribution < -0.4 is 15.2 Å². The van der Waals surface area contributed by atoms with E-state index >= 15 is 0 Å². The third kappa shape index (κ3) is 10.8. The van der Waals surface area contributed by atoms with Gasteiger partial charge in [-0.05, 0) is 40.9 Å². The van der Waals surface area contributed by atoms with Crippen LogP contribution in [-0.4, -0.2) is 48.4 Å². The average molecular weight is 566 g/mol. The van der Waals surface area contributed by atoms with Gasteiger partial charge in [0.2, 0.25) is 0 Å². The second-order valence-corrected chi connectivity index (χ2v) is 12.4. The van der Waals surface area contributed by atoms with E-state index in [2.05, 4.69) is 0 Å². The van der Waals surface area contributed by atoms with Crippen LogP contribution in [-0.2, 0) is 23.9 Å². The highest BCUT2D eigenvalue weighted by molar-refractivity contribution is 5.79. The van der Waals surface area contributed by atoms with Crippen LogP contribution >= 0.6 is 0 Å². The molecule has 5 atom stereocenters. The van der Waals surface area contributed by atoms with Gasteiger partial charge in [-0.25, -0.2) is 4.79 Å². The van der Waals surface area contributed by atoms with Crippen molar-refractivity contribution in [1.82, 2.24) is 0 Å². The Morgan fingerprint density at radius 3 is 1.77 bits per heavy atom. The average Bonchev–Trinajstić information content (AvgIpc) is 2.85. The van der Waals surface area contributed by atoms with E-state index in [4.69, 9.17) is 24.7 Å². The molecule has 0 heterocycles. The van der Waals surface area contributed by atoms with Crippen LogP contribution in [0.25, 0.3) is 0 Å². The Balaban J connectivity index is 3.40. The van der Waals surface area contributed by atoms with Gasteiger partial charge in [-0.1, -0.05) is 75.3 Å². The molecule has 10 nitrogen and oxygen atoms in total. The maximum Gasteiger partial charge on any atom is 0.508 e. The fraction of sp³-hybridized carbons (Fsp3) is 0.667. The van der Waals surface area contributed by atoms with Gasteiger partial charge in [0.25, 0.3) is 0 Å². The van der Waals surface area contributed by atoms with Crippen molar-refractivity contribution in [2.24, 2.45) is 40.7 Å². The van der Waals surface area contributed by atoms with Crippen LogP contribution in [0.4, 0.5) is 4.79 Å². The second-order valence-electron chi connectivity index (χ2n) is 12.4. The van der Waals surface area contributed by atoms with E-state index in [1.807, 2.05) is 48.5 Å². The normalized spacial score (nSPS) is 15.5. The van der Waals surface area contributed by atoms with Gasteiger partial charge < -0.3 is 29.8 Å². The number of carboxylic acid groups (broad SMARTS) is 1. The monoisotopic (exact) mass is 565 g/mol. The number of carbonyl (C=O) groups excluding carboxylic acids is 3. The van der Waals surface area contributed by atoms with E-state index < -0.39 is 53.8 Å². The second kappa shape index (κ2) is 15.0. The third-order valence-corrected chi connectivity index (χ3v) is 6.89. The van der Waals surface area contributed by atoms with E-state index in [0.29, 0.717) is 5.56 Å². The first-order chi connectivity index (χ1) is 18.3. The van der Waals surface area contributed by atoms with E-state index in [0.717, 1.165) is 0 Å². The zero-order valence-electron chi connectivity index (χ0n) is 25.5. The molecule has 0 fully saturated rings. The van der Waals surface area contributed by atoms with Crippen molar-refractivity contribution in [2.45, 2.75) is 81.2 Å². The Bertz CT molecular complexity index is 1030. The molecule has 1 aromatic rings. The van der Waals surface area contributed by atoms with Crippen molar-refractivity contribution in [1.29, 1.82) is 0 Å². The summed E-state index contributed by atoms with van der Waals surface area (Å²) in [6.07, 6.45) is -0.872. The fourth-order valence-corrected chi connectivity index (χ4v) is 3.51. The van der Waals surface area contributed by atoms with Gasteiger partial charge >= 0.3 is 24.1 Å². The molecule has 0 saturated carbocycles. The number of carboxylic acids is 1. The highest BCUT2D eigenvalue weighted by Crippen LogP contribution is 2.37. The number of esters is 2. The van der Waals surface area contributed by atoms with Gasteiger partial charge in [-0.15, -0.1) is 0 Å². The summed E-state index contributed by atoms with van der Waals surface area (Å²) in [7, 11) is 0. The Morgan fingerprint density at radius 1 is 0.825 bits per heavy atom. The summed E-state index contributed by atoms with van der Waals surface area (Å²) < 4.78 is 21.6. The lowest BCUT2D eigenvalue weighted by atomic mass is 9.82. The molecule has 40 heavy (non-hydrogen) atoms. The minimum absolute atomic E-state index is 0.00830. The van der Waals surface area contributed by atoms with E-state index in [1.54, 1.807) is 26.8 Å². The van der Waals surface area contributed by atoms with Crippen LogP contribution in [0.2, 0.25) is 0 Å². The maximum absolute atomic E-state index is 12.8. The van der Waals surface area contributed by atoms with E-state index in [1.165, 1.54) is 12.1 Å². The number of ether oxygens (including phenoxy) is 4. The molecule has 0 spiro atoms. The standard InChI is InChI=1S/C30H47NO9/c1-16(2)19(6)27(34)39-22-12-11-21(13-23(22)40-28(35)20(7)17(3)4)24(25(31)26(32)33)18(5)14-37-29(36)38-15-30(8,9)10/h11-13,16-20,24-25H,14-15,31H2,1-10H3,(H,32,33)/t18?,19?,20?,24?,25-/m0/s1. The Morgan fingerprint density at radius 2 is 1.32 bits per heavy atom. The molecule has 0 aliphatic carbocycles. The number of rotatable bonds is 13. The Kier molecular flexibility index (Phi) is 13.1. The highest BCUT2D eigenvalue weighted by atomic mass is 16.7. The van der Waals surface area contributed by atoms with Crippen LogP contribution in [0.5, 0.6) is 11.5 Å². The molecule has 0 saturated heterocycles. The molecule has 226 valence electrons. The maximum atomic E-state index is 12.8.